The Morgan fingerprint density at radius 3 is 2.17 bits per heavy atom. The van der Waals surface area contributed by atoms with Crippen molar-refractivity contribution in [1.82, 2.24) is 10.2 Å². The van der Waals surface area contributed by atoms with E-state index in [1.807, 2.05) is 46.8 Å². The van der Waals surface area contributed by atoms with Gasteiger partial charge in [0.2, 0.25) is 21.8 Å². The Hall–Kier alpha value is -3.07. The van der Waals surface area contributed by atoms with Gasteiger partial charge in [-0.15, -0.1) is 0 Å². The smallest absolute Gasteiger partial charge is 0.244 e. The second-order valence-electron chi connectivity index (χ2n) is 9.90. The van der Waals surface area contributed by atoms with Crippen LogP contribution in [0, 0.1) is 13.8 Å². The van der Waals surface area contributed by atoms with Crippen molar-refractivity contribution in [3.63, 3.8) is 0 Å². The zero-order chi connectivity index (χ0) is 26.6. The van der Waals surface area contributed by atoms with Gasteiger partial charge in [0.15, 0.2) is 0 Å². The fourth-order valence-electron chi connectivity index (χ4n) is 3.73. The molecule has 0 bridgehead atoms. The van der Waals surface area contributed by atoms with E-state index < -0.39 is 34.1 Å². The summed E-state index contributed by atoms with van der Waals surface area (Å²) in [6, 6.07) is 11.7. The first-order chi connectivity index (χ1) is 16.1. The van der Waals surface area contributed by atoms with Crippen LogP contribution in [0.3, 0.4) is 0 Å². The number of aryl methyl sites for hydroxylation is 2. The van der Waals surface area contributed by atoms with E-state index in [1.165, 1.54) is 4.90 Å². The highest BCUT2D eigenvalue weighted by molar-refractivity contribution is 7.92. The molecular formula is C26H37N3O5S. The predicted molar refractivity (Wildman–Crippen MR) is 139 cm³/mol. The third kappa shape index (κ3) is 8.28. The number of benzene rings is 2. The molecule has 2 rings (SSSR count). The third-order valence-corrected chi connectivity index (χ3v) is 6.47. The van der Waals surface area contributed by atoms with Crippen molar-refractivity contribution in [2.45, 2.75) is 59.7 Å². The van der Waals surface area contributed by atoms with Gasteiger partial charge in [0.05, 0.1) is 19.1 Å². The third-order valence-electron chi connectivity index (χ3n) is 5.33. The molecule has 0 heterocycles. The van der Waals surface area contributed by atoms with Crippen molar-refractivity contribution >= 4 is 27.5 Å². The van der Waals surface area contributed by atoms with E-state index in [2.05, 4.69) is 5.32 Å². The standard InChI is InChI=1S/C26H37N3O5S/c1-18-12-19(2)14-22(13-18)29(35(8,32)33)17-24(30)28(20(3)25(31)27-26(4,5)6)16-21-10-9-11-23(15-21)34-7/h9-15,20H,16-17H2,1-8H3,(H,27,31)/t20-/m1/s1. The van der Waals surface area contributed by atoms with Crippen LogP contribution in [0.5, 0.6) is 5.75 Å². The molecule has 0 radical (unpaired) electrons. The molecule has 0 unspecified atom stereocenters. The minimum Gasteiger partial charge on any atom is -0.497 e. The number of carbonyl (C=O) groups excluding carboxylic acids is 2. The summed E-state index contributed by atoms with van der Waals surface area (Å²) in [5.41, 5.74) is 2.44. The van der Waals surface area contributed by atoms with E-state index >= 15 is 0 Å². The Bertz CT molecular complexity index is 1150. The molecule has 9 heteroatoms. The molecule has 2 aromatic rings. The van der Waals surface area contributed by atoms with E-state index in [1.54, 1.807) is 44.4 Å². The largest absolute Gasteiger partial charge is 0.497 e. The van der Waals surface area contributed by atoms with Gasteiger partial charge in [-0.05, 0) is 82.5 Å². The fraction of sp³-hybridized carbons (Fsp3) is 0.462. The Balaban J connectivity index is 2.45. The number of ether oxygens (including phenoxy) is 1. The number of methoxy groups -OCH3 is 1. The number of anilines is 1. The average Bonchev–Trinajstić information content (AvgIpc) is 2.72. The van der Waals surface area contributed by atoms with Gasteiger partial charge in [-0.3, -0.25) is 13.9 Å². The van der Waals surface area contributed by atoms with Gasteiger partial charge in [-0.25, -0.2) is 8.42 Å². The molecule has 35 heavy (non-hydrogen) atoms. The van der Waals surface area contributed by atoms with E-state index in [9.17, 15) is 18.0 Å². The Morgan fingerprint density at radius 1 is 1.06 bits per heavy atom. The predicted octanol–water partition coefficient (Wildman–Crippen LogP) is 3.41. The van der Waals surface area contributed by atoms with Crippen molar-refractivity contribution in [2.75, 3.05) is 24.2 Å². The Kier molecular flexibility index (Phi) is 8.94. The van der Waals surface area contributed by atoms with Gasteiger partial charge in [-0.2, -0.15) is 0 Å². The SMILES string of the molecule is COc1cccc(CN(C(=O)CN(c2cc(C)cc(C)c2)S(C)(=O)=O)[C@H](C)C(=O)NC(C)(C)C)c1. The van der Waals surface area contributed by atoms with E-state index in [0.717, 1.165) is 27.3 Å². The van der Waals surface area contributed by atoms with Crippen molar-refractivity contribution in [1.29, 1.82) is 0 Å². The quantitative estimate of drug-likeness (QED) is 0.566. The number of hydrogen-bond donors (Lipinski definition) is 1. The normalized spacial score (nSPS) is 12.6. The van der Waals surface area contributed by atoms with Crippen LogP contribution in [0.2, 0.25) is 0 Å². The minimum atomic E-state index is -3.77. The molecular weight excluding hydrogens is 466 g/mol. The lowest BCUT2D eigenvalue weighted by Gasteiger charge is -2.33. The maximum atomic E-state index is 13.6. The van der Waals surface area contributed by atoms with Gasteiger partial charge < -0.3 is 15.0 Å². The summed E-state index contributed by atoms with van der Waals surface area (Å²) in [6.07, 6.45) is 1.07. The average molecular weight is 504 g/mol. The molecule has 8 nitrogen and oxygen atoms in total. The molecule has 0 spiro atoms. The lowest BCUT2D eigenvalue weighted by atomic mass is 10.1. The maximum absolute atomic E-state index is 13.6. The highest BCUT2D eigenvalue weighted by Crippen LogP contribution is 2.23. The molecule has 1 atom stereocenters. The van der Waals surface area contributed by atoms with Crippen LogP contribution < -0.4 is 14.4 Å². The van der Waals surface area contributed by atoms with Crippen molar-refractivity contribution in [3.05, 3.63) is 59.2 Å². The molecule has 2 aromatic carbocycles. The zero-order valence-electron chi connectivity index (χ0n) is 21.9. The van der Waals surface area contributed by atoms with E-state index in [-0.39, 0.29) is 12.5 Å². The Labute approximate surface area is 209 Å². The summed E-state index contributed by atoms with van der Waals surface area (Å²) in [6.45, 7) is 10.6. The molecule has 2 amide bonds. The van der Waals surface area contributed by atoms with E-state index in [0.29, 0.717) is 11.4 Å². The van der Waals surface area contributed by atoms with Gasteiger partial charge in [0, 0.05) is 12.1 Å². The number of sulfonamides is 1. The summed E-state index contributed by atoms with van der Waals surface area (Å²) in [5.74, 6) is -0.199. The lowest BCUT2D eigenvalue weighted by Crippen LogP contribution is -2.54. The number of hydrogen-bond acceptors (Lipinski definition) is 5. The summed E-state index contributed by atoms with van der Waals surface area (Å²) in [7, 11) is -2.22. The first kappa shape index (κ1) is 28.2. The monoisotopic (exact) mass is 503 g/mol. The van der Waals surface area contributed by atoms with E-state index in [4.69, 9.17) is 4.74 Å². The van der Waals surface area contributed by atoms with Crippen LogP contribution in [-0.4, -0.2) is 56.6 Å². The van der Waals surface area contributed by atoms with Crippen molar-refractivity contribution in [3.8, 4) is 5.75 Å². The van der Waals surface area contributed by atoms with Crippen LogP contribution in [-0.2, 0) is 26.2 Å². The van der Waals surface area contributed by atoms with Gasteiger partial charge in [0.25, 0.3) is 0 Å². The maximum Gasteiger partial charge on any atom is 0.244 e. The number of rotatable bonds is 9. The van der Waals surface area contributed by atoms with Crippen LogP contribution in [0.15, 0.2) is 42.5 Å². The number of nitrogens with zero attached hydrogens (tertiary/aromatic N) is 2. The molecule has 0 aliphatic rings. The second-order valence-corrected chi connectivity index (χ2v) is 11.8. The van der Waals surface area contributed by atoms with Crippen LogP contribution >= 0.6 is 0 Å². The molecule has 0 saturated carbocycles. The summed E-state index contributed by atoms with van der Waals surface area (Å²) in [4.78, 5) is 28.0. The molecule has 0 saturated heterocycles. The van der Waals surface area contributed by atoms with Crippen LogP contribution in [0.1, 0.15) is 44.4 Å². The molecule has 0 aliphatic heterocycles. The molecule has 0 fully saturated rings. The first-order valence-corrected chi connectivity index (χ1v) is 13.3. The zero-order valence-corrected chi connectivity index (χ0v) is 22.7. The van der Waals surface area contributed by atoms with Gasteiger partial charge in [0.1, 0.15) is 18.3 Å². The van der Waals surface area contributed by atoms with Crippen LogP contribution in [0.4, 0.5) is 5.69 Å². The molecule has 192 valence electrons. The number of amides is 2. The molecule has 0 aromatic heterocycles. The highest BCUT2D eigenvalue weighted by Gasteiger charge is 2.31. The summed E-state index contributed by atoms with van der Waals surface area (Å²) >= 11 is 0. The first-order valence-electron chi connectivity index (χ1n) is 11.4. The summed E-state index contributed by atoms with van der Waals surface area (Å²) < 4.78 is 31.8. The molecule has 1 N–H and O–H groups in total. The topological polar surface area (TPSA) is 96.0 Å². The van der Waals surface area contributed by atoms with Crippen molar-refractivity contribution in [2.24, 2.45) is 0 Å². The van der Waals surface area contributed by atoms with Crippen LogP contribution in [0.25, 0.3) is 0 Å². The fourth-order valence-corrected chi connectivity index (χ4v) is 4.57. The second kappa shape index (κ2) is 11.1. The van der Waals surface area contributed by atoms with Gasteiger partial charge >= 0.3 is 0 Å². The van der Waals surface area contributed by atoms with Gasteiger partial charge in [-0.1, -0.05) is 18.2 Å². The number of carbonyl (C=O) groups is 2. The van der Waals surface area contributed by atoms with Crippen molar-refractivity contribution < 1.29 is 22.7 Å². The summed E-state index contributed by atoms with van der Waals surface area (Å²) in [5, 5.41) is 2.90. The Morgan fingerprint density at radius 2 is 1.66 bits per heavy atom. The highest BCUT2D eigenvalue weighted by atomic mass is 32.2. The molecule has 0 aliphatic carbocycles. The minimum absolute atomic E-state index is 0.110. The number of nitrogens with one attached hydrogen (secondary N) is 1. The lowest BCUT2D eigenvalue weighted by molar-refractivity contribution is -0.140.